The van der Waals surface area contributed by atoms with Crippen molar-refractivity contribution in [2.75, 3.05) is 23.0 Å². The van der Waals surface area contributed by atoms with Gasteiger partial charge in [-0.25, -0.2) is 0 Å². The fourth-order valence-electron chi connectivity index (χ4n) is 3.89. The Balaban J connectivity index is 1.34. The van der Waals surface area contributed by atoms with Crippen LogP contribution in [-0.4, -0.2) is 23.0 Å². The van der Waals surface area contributed by atoms with Gasteiger partial charge in [-0.05, 0) is 48.7 Å². The van der Waals surface area contributed by atoms with Crippen molar-refractivity contribution in [2.45, 2.75) is 105 Å². The lowest BCUT2D eigenvalue weighted by molar-refractivity contribution is 0.779. The molecule has 4 heterocycles. The highest BCUT2D eigenvalue weighted by Gasteiger charge is 2.37. The summed E-state index contributed by atoms with van der Waals surface area (Å²) in [6.07, 6.45) is 16.0. The van der Waals surface area contributed by atoms with Gasteiger partial charge < -0.3 is 0 Å². The molecule has 0 aromatic rings. The number of hydrogen-bond donors (Lipinski definition) is 0. The topological polar surface area (TPSA) is 0 Å². The maximum atomic E-state index is 2.30. The molecule has 0 unspecified atom stereocenters. The first-order valence-electron chi connectivity index (χ1n) is 15.3. The highest BCUT2D eigenvalue weighted by Crippen LogP contribution is 2.73. The van der Waals surface area contributed by atoms with E-state index in [-0.39, 0.29) is 0 Å². The molecular formula is C30H44S12. The summed E-state index contributed by atoms with van der Waals surface area (Å²) in [5.74, 6) is 5.04. The van der Waals surface area contributed by atoms with E-state index in [4.69, 9.17) is 0 Å². The maximum Gasteiger partial charge on any atom is 0.0718 e. The summed E-state index contributed by atoms with van der Waals surface area (Å²) in [4.78, 5) is 0. The summed E-state index contributed by atoms with van der Waals surface area (Å²) in [5, 5.41) is 0. The Hall–Kier alpha value is 2.90. The van der Waals surface area contributed by atoms with Crippen LogP contribution in [0.3, 0.4) is 0 Å². The summed E-state index contributed by atoms with van der Waals surface area (Å²) >= 11 is 24.9. The minimum absolute atomic E-state index is 1.26. The second kappa shape index (κ2) is 21.8. The molecule has 0 saturated heterocycles. The minimum atomic E-state index is 1.26. The van der Waals surface area contributed by atoms with Crippen molar-refractivity contribution >= 4 is 141 Å². The average Bonchev–Trinajstić information content (AvgIpc) is 3.76. The van der Waals surface area contributed by atoms with Crippen LogP contribution < -0.4 is 0 Å². The van der Waals surface area contributed by atoms with Gasteiger partial charge in [-0.2, -0.15) is 0 Å². The van der Waals surface area contributed by atoms with E-state index in [0.717, 1.165) is 0 Å². The molecule has 4 aliphatic heterocycles. The predicted octanol–water partition coefficient (Wildman–Crippen LogP) is 16.2. The minimum Gasteiger partial charge on any atom is -0.117 e. The van der Waals surface area contributed by atoms with E-state index in [0.29, 0.717) is 0 Å². The van der Waals surface area contributed by atoms with Crippen LogP contribution in [-0.2, 0) is 0 Å². The van der Waals surface area contributed by atoms with E-state index in [2.05, 4.69) is 169 Å². The predicted molar refractivity (Wildman–Crippen MR) is 224 cm³/mol. The Morgan fingerprint density at radius 1 is 0.310 bits per heavy atom. The largest absolute Gasteiger partial charge is 0.117 e. The molecule has 0 aromatic carbocycles. The van der Waals surface area contributed by atoms with Crippen molar-refractivity contribution in [1.82, 2.24) is 0 Å². The van der Waals surface area contributed by atoms with Crippen LogP contribution in [0.5, 0.6) is 0 Å². The van der Waals surface area contributed by atoms with Crippen LogP contribution in [0.4, 0.5) is 0 Å². The lowest BCUT2D eigenvalue weighted by Crippen LogP contribution is -1.82. The first-order chi connectivity index (χ1) is 20.7. The second-order valence-electron chi connectivity index (χ2n) is 9.91. The Kier molecular flexibility index (Phi) is 19.6. The number of rotatable bonds is 20. The van der Waals surface area contributed by atoms with Crippen molar-refractivity contribution in [3.05, 3.63) is 42.4 Å². The van der Waals surface area contributed by atoms with Gasteiger partial charge in [-0.1, -0.05) is 173 Å². The van der Waals surface area contributed by atoms with Gasteiger partial charge in [-0.3, -0.25) is 0 Å². The van der Waals surface area contributed by atoms with Gasteiger partial charge in [0.1, 0.15) is 0 Å². The Morgan fingerprint density at radius 3 is 0.738 bits per heavy atom. The van der Waals surface area contributed by atoms with Crippen molar-refractivity contribution < 1.29 is 0 Å². The fraction of sp³-hybridized carbons (Fsp3) is 0.667. The highest BCUT2D eigenvalue weighted by molar-refractivity contribution is 8.51. The molecule has 0 spiro atoms. The van der Waals surface area contributed by atoms with E-state index in [1.807, 2.05) is 0 Å². The molecular weight excluding hydrogens is 745 g/mol. The lowest BCUT2D eigenvalue weighted by atomic mass is 10.3. The van der Waals surface area contributed by atoms with Gasteiger partial charge in [0.15, 0.2) is 0 Å². The van der Waals surface area contributed by atoms with Gasteiger partial charge in [-0.15, -0.1) is 47.0 Å². The zero-order valence-corrected chi connectivity index (χ0v) is 35.0. The first kappa shape index (κ1) is 37.7. The smallest absolute Gasteiger partial charge is 0.0718 e. The number of hydrogen-bond acceptors (Lipinski definition) is 12. The zero-order chi connectivity index (χ0) is 29.6. The van der Waals surface area contributed by atoms with Gasteiger partial charge in [0.25, 0.3) is 0 Å². The highest BCUT2D eigenvalue weighted by atomic mass is 32.3. The van der Waals surface area contributed by atoms with Gasteiger partial charge >= 0.3 is 0 Å². The molecule has 0 fully saturated rings. The maximum absolute atomic E-state index is 2.30. The van der Waals surface area contributed by atoms with Crippen LogP contribution in [0.15, 0.2) is 42.4 Å². The van der Waals surface area contributed by atoms with E-state index in [1.165, 1.54) is 125 Å². The number of thioether (sulfide) groups is 12. The van der Waals surface area contributed by atoms with E-state index in [9.17, 15) is 0 Å². The van der Waals surface area contributed by atoms with Gasteiger partial charge in [0.05, 0.1) is 42.4 Å². The third kappa shape index (κ3) is 12.1. The molecule has 0 aromatic heterocycles. The molecule has 0 aliphatic carbocycles. The number of unbranched alkanes of at least 4 members (excludes halogenated alkanes) is 8. The molecule has 4 rings (SSSR count). The van der Waals surface area contributed by atoms with Crippen LogP contribution in [0, 0.1) is 0 Å². The Labute approximate surface area is 307 Å². The second-order valence-corrected chi connectivity index (χ2v) is 25.1. The van der Waals surface area contributed by atoms with Gasteiger partial charge in [0, 0.05) is 0 Å². The van der Waals surface area contributed by atoms with Crippen molar-refractivity contribution in [3.63, 3.8) is 0 Å². The molecule has 4 aliphatic rings. The van der Waals surface area contributed by atoms with Crippen LogP contribution >= 0.6 is 141 Å². The third-order valence-corrected chi connectivity index (χ3v) is 24.3. The van der Waals surface area contributed by atoms with E-state index in [1.54, 1.807) is 16.9 Å². The van der Waals surface area contributed by atoms with Crippen molar-refractivity contribution in [3.8, 4) is 0 Å². The van der Waals surface area contributed by atoms with E-state index >= 15 is 0 Å². The van der Waals surface area contributed by atoms with Gasteiger partial charge in [0.2, 0.25) is 0 Å². The molecule has 12 heteroatoms. The molecule has 0 radical (unpaired) electrons. The molecule has 0 atom stereocenters. The van der Waals surface area contributed by atoms with Crippen LogP contribution in [0.2, 0.25) is 0 Å². The molecule has 0 nitrogen and oxygen atoms in total. The summed E-state index contributed by atoms with van der Waals surface area (Å²) in [5.41, 5.74) is 0. The quantitative estimate of drug-likeness (QED) is 0.108. The SMILES string of the molecule is CCCCCSC1=C(SCCCCC)SC(=C2SC3=C(S2)SC(=C2SC(SCCCCC)=C(SCCCCC)S2)S3)S1. The van der Waals surface area contributed by atoms with E-state index < -0.39 is 0 Å². The lowest BCUT2D eigenvalue weighted by Gasteiger charge is -2.07. The molecule has 42 heavy (non-hydrogen) atoms. The molecule has 0 N–H and O–H groups in total. The third-order valence-electron chi connectivity index (χ3n) is 6.24. The average molecular weight is 789 g/mol. The Morgan fingerprint density at radius 2 is 0.524 bits per heavy atom. The fourth-order valence-corrected chi connectivity index (χ4v) is 22.8. The summed E-state index contributed by atoms with van der Waals surface area (Å²) < 4.78 is 15.5. The molecule has 0 saturated carbocycles. The Bertz CT molecular complexity index is 901. The van der Waals surface area contributed by atoms with Crippen molar-refractivity contribution in [2.24, 2.45) is 0 Å². The van der Waals surface area contributed by atoms with Crippen LogP contribution in [0.25, 0.3) is 0 Å². The summed E-state index contributed by atoms with van der Waals surface area (Å²) in [6.45, 7) is 9.22. The molecule has 0 amide bonds. The van der Waals surface area contributed by atoms with Crippen molar-refractivity contribution in [1.29, 1.82) is 0 Å². The monoisotopic (exact) mass is 788 g/mol. The first-order valence-corrected chi connectivity index (χ1v) is 25.8. The normalized spacial score (nSPS) is 19.1. The molecule has 236 valence electrons. The molecule has 0 bridgehead atoms. The standard InChI is InChI=1S/C30H44S12/c1-5-9-13-17-31-21-22(32-18-14-10-6-2)36-25(35-21)27-39-29-30(40-27)42-28(41-29)26-37-23(33-19-15-11-7-3)24(38-26)34-20-16-12-8-4/h5-20H2,1-4H3. The van der Waals surface area contributed by atoms with Crippen LogP contribution in [0.1, 0.15) is 105 Å². The summed E-state index contributed by atoms with van der Waals surface area (Å²) in [6, 6.07) is 0. The summed E-state index contributed by atoms with van der Waals surface area (Å²) in [7, 11) is 0. The zero-order valence-electron chi connectivity index (χ0n) is 25.2.